The first kappa shape index (κ1) is 8.21. The molecule has 1 rings (SSSR count). The fraction of sp³-hybridized carbons (Fsp3) is 0.444. The summed E-state index contributed by atoms with van der Waals surface area (Å²) in [6.45, 7) is 5.95. The highest BCUT2D eigenvalue weighted by atomic mass is 14.7. The van der Waals surface area contributed by atoms with Crippen LogP contribution in [0.5, 0.6) is 0 Å². The SMILES string of the molecule is Cc1cc([C@H](C)N)cc(C)n1. The van der Waals surface area contributed by atoms with E-state index in [1.807, 2.05) is 32.9 Å². The van der Waals surface area contributed by atoms with Crippen molar-refractivity contribution in [2.45, 2.75) is 26.8 Å². The van der Waals surface area contributed by atoms with E-state index < -0.39 is 0 Å². The average Bonchev–Trinajstić information content (AvgIpc) is 1.85. The maximum Gasteiger partial charge on any atom is 0.0379 e. The third-order valence-electron chi connectivity index (χ3n) is 1.63. The molecular formula is C9H14N2. The quantitative estimate of drug-likeness (QED) is 0.662. The van der Waals surface area contributed by atoms with Crippen LogP contribution in [0, 0.1) is 13.8 Å². The summed E-state index contributed by atoms with van der Waals surface area (Å²) < 4.78 is 0. The molecule has 0 unspecified atom stereocenters. The number of hydrogen-bond acceptors (Lipinski definition) is 2. The molecule has 0 amide bonds. The van der Waals surface area contributed by atoms with Gasteiger partial charge in [0, 0.05) is 17.4 Å². The Balaban J connectivity index is 3.08. The number of nitrogens with two attached hydrogens (primary N) is 1. The molecule has 0 saturated carbocycles. The molecule has 0 spiro atoms. The van der Waals surface area contributed by atoms with Crippen LogP contribution in [0.2, 0.25) is 0 Å². The molecule has 0 aliphatic rings. The minimum atomic E-state index is 0.107. The Kier molecular flexibility index (Phi) is 2.25. The van der Waals surface area contributed by atoms with Gasteiger partial charge >= 0.3 is 0 Å². The zero-order chi connectivity index (χ0) is 8.43. The largest absolute Gasteiger partial charge is 0.324 e. The summed E-state index contributed by atoms with van der Waals surface area (Å²) in [5, 5.41) is 0. The van der Waals surface area contributed by atoms with Crippen molar-refractivity contribution in [3.05, 3.63) is 29.1 Å². The topological polar surface area (TPSA) is 38.9 Å². The Hall–Kier alpha value is -0.890. The molecule has 0 fully saturated rings. The normalized spacial score (nSPS) is 13.1. The second-order valence-corrected chi connectivity index (χ2v) is 2.97. The zero-order valence-electron chi connectivity index (χ0n) is 7.26. The van der Waals surface area contributed by atoms with Crippen LogP contribution in [0.3, 0.4) is 0 Å². The van der Waals surface area contributed by atoms with Crippen LogP contribution in [-0.4, -0.2) is 4.98 Å². The van der Waals surface area contributed by atoms with Gasteiger partial charge in [-0.3, -0.25) is 4.98 Å². The standard InChI is InChI=1S/C9H14N2/c1-6-4-9(8(3)10)5-7(2)11-6/h4-5,8H,10H2,1-3H3/t8-/m0/s1. The fourth-order valence-corrected chi connectivity index (χ4v) is 1.13. The summed E-state index contributed by atoms with van der Waals surface area (Å²) in [5.74, 6) is 0. The molecule has 1 heterocycles. The lowest BCUT2D eigenvalue weighted by Crippen LogP contribution is -2.06. The molecule has 2 nitrogen and oxygen atoms in total. The van der Waals surface area contributed by atoms with E-state index in [9.17, 15) is 0 Å². The molecule has 0 saturated heterocycles. The maximum atomic E-state index is 5.72. The predicted molar refractivity (Wildman–Crippen MR) is 46.3 cm³/mol. The maximum absolute atomic E-state index is 5.72. The van der Waals surface area contributed by atoms with Crippen LogP contribution in [0.15, 0.2) is 12.1 Å². The molecule has 60 valence electrons. The number of pyridine rings is 1. The van der Waals surface area contributed by atoms with E-state index in [0.29, 0.717) is 0 Å². The molecule has 1 atom stereocenters. The van der Waals surface area contributed by atoms with Gasteiger partial charge in [0.15, 0.2) is 0 Å². The first-order valence-electron chi connectivity index (χ1n) is 3.80. The fourth-order valence-electron chi connectivity index (χ4n) is 1.13. The van der Waals surface area contributed by atoms with Gasteiger partial charge in [0.25, 0.3) is 0 Å². The molecule has 0 radical (unpaired) electrons. The molecule has 0 aliphatic heterocycles. The average molecular weight is 150 g/mol. The van der Waals surface area contributed by atoms with Gasteiger partial charge in [-0.2, -0.15) is 0 Å². The molecule has 0 aliphatic carbocycles. The smallest absolute Gasteiger partial charge is 0.0379 e. The Labute approximate surface area is 67.5 Å². The van der Waals surface area contributed by atoms with Crippen molar-refractivity contribution in [3.63, 3.8) is 0 Å². The van der Waals surface area contributed by atoms with Crippen molar-refractivity contribution in [2.75, 3.05) is 0 Å². The number of aromatic nitrogens is 1. The van der Waals surface area contributed by atoms with Crippen molar-refractivity contribution >= 4 is 0 Å². The van der Waals surface area contributed by atoms with E-state index in [1.54, 1.807) is 0 Å². The van der Waals surface area contributed by atoms with Gasteiger partial charge in [-0.1, -0.05) is 0 Å². The van der Waals surface area contributed by atoms with E-state index in [1.165, 1.54) is 0 Å². The number of hydrogen-bond donors (Lipinski definition) is 1. The Morgan fingerprint density at radius 2 is 1.73 bits per heavy atom. The lowest BCUT2D eigenvalue weighted by molar-refractivity contribution is 0.809. The van der Waals surface area contributed by atoms with Crippen LogP contribution in [0.25, 0.3) is 0 Å². The monoisotopic (exact) mass is 150 g/mol. The Bertz CT molecular complexity index is 233. The third kappa shape index (κ3) is 2.02. The van der Waals surface area contributed by atoms with E-state index in [4.69, 9.17) is 5.73 Å². The highest BCUT2D eigenvalue weighted by molar-refractivity contribution is 5.22. The summed E-state index contributed by atoms with van der Waals surface area (Å²) in [5.41, 5.74) is 8.96. The van der Waals surface area contributed by atoms with Crippen molar-refractivity contribution < 1.29 is 0 Å². The predicted octanol–water partition coefficient (Wildman–Crippen LogP) is 1.72. The van der Waals surface area contributed by atoms with E-state index in [0.717, 1.165) is 17.0 Å². The van der Waals surface area contributed by atoms with Crippen molar-refractivity contribution in [1.82, 2.24) is 4.98 Å². The number of nitrogens with zero attached hydrogens (tertiary/aromatic N) is 1. The minimum Gasteiger partial charge on any atom is -0.324 e. The Morgan fingerprint density at radius 1 is 1.27 bits per heavy atom. The lowest BCUT2D eigenvalue weighted by Gasteiger charge is -2.06. The zero-order valence-corrected chi connectivity index (χ0v) is 7.26. The highest BCUT2D eigenvalue weighted by Crippen LogP contribution is 2.11. The van der Waals surface area contributed by atoms with Crippen LogP contribution in [0.1, 0.15) is 29.9 Å². The number of rotatable bonds is 1. The highest BCUT2D eigenvalue weighted by Gasteiger charge is 2.00. The summed E-state index contributed by atoms with van der Waals surface area (Å²) in [6.07, 6.45) is 0. The van der Waals surface area contributed by atoms with Crippen molar-refractivity contribution in [1.29, 1.82) is 0 Å². The van der Waals surface area contributed by atoms with Crippen LogP contribution in [-0.2, 0) is 0 Å². The molecule has 0 bridgehead atoms. The molecule has 1 aromatic rings. The van der Waals surface area contributed by atoms with Crippen LogP contribution >= 0.6 is 0 Å². The molecule has 2 N–H and O–H groups in total. The van der Waals surface area contributed by atoms with Gasteiger partial charge in [-0.15, -0.1) is 0 Å². The van der Waals surface area contributed by atoms with Gasteiger partial charge in [-0.25, -0.2) is 0 Å². The summed E-state index contributed by atoms with van der Waals surface area (Å²) in [4.78, 5) is 4.26. The van der Waals surface area contributed by atoms with Gasteiger partial charge in [0.05, 0.1) is 0 Å². The molecular weight excluding hydrogens is 136 g/mol. The van der Waals surface area contributed by atoms with Gasteiger partial charge < -0.3 is 5.73 Å². The van der Waals surface area contributed by atoms with Crippen molar-refractivity contribution in [3.8, 4) is 0 Å². The van der Waals surface area contributed by atoms with Gasteiger partial charge in [0.2, 0.25) is 0 Å². The molecule has 0 aromatic carbocycles. The van der Waals surface area contributed by atoms with Crippen LogP contribution in [0.4, 0.5) is 0 Å². The van der Waals surface area contributed by atoms with Gasteiger partial charge in [0.1, 0.15) is 0 Å². The second kappa shape index (κ2) is 3.01. The minimum absolute atomic E-state index is 0.107. The second-order valence-electron chi connectivity index (χ2n) is 2.97. The van der Waals surface area contributed by atoms with Gasteiger partial charge in [-0.05, 0) is 38.5 Å². The summed E-state index contributed by atoms with van der Waals surface area (Å²) in [7, 11) is 0. The van der Waals surface area contributed by atoms with E-state index in [2.05, 4.69) is 4.98 Å². The third-order valence-corrected chi connectivity index (χ3v) is 1.63. The van der Waals surface area contributed by atoms with Crippen molar-refractivity contribution in [2.24, 2.45) is 5.73 Å². The molecule has 1 aromatic heterocycles. The first-order valence-corrected chi connectivity index (χ1v) is 3.80. The Morgan fingerprint density at radius 3 is 2.09 bits per heavy atom. The summed E-state index contributed by atoms with van der Waals surface area (Å²) in [6, 6.07) is 4.16. The first-order chi connectivity index (χ1) is 5.09. The molecule has 11 heavy (non-hydrogen) atoms. The number of aryl methyl sites for hydroxylation is 2. The van der Waals surface area contributed by atoms with E-state index >= 15 is 0 Å². The van der Waals surface area contributed by atoms with E-state index in [-0.39, 0.29) is 6.04 Å². The lowest BCUT2D eigenvalue weighted by atomic mass is 10.1. The van der Waals surface area contributed by atoms with Crippen LogP contribution < -0.4 is 5.73 Å². The molecule has 2 heteroatoms. The summed E-state index contributed by atoms with van der Waals surface area (Å²) >= 11 is 0.